The summed E-state index contributed by atoms with van der Waals surface area (Å²) in [5.41, 5.74) is 1.58. The average Bonchev–Trinajstić information content (AvgIpc) is 2.68. The summed E-state index contributed by atoms with van der Waals surface area (Å²) in [7, 11) is 0. The number of carbonyl (C=O) groups is 1. The van der Waals surface area contributed by atoms with E-state index in [1.165, 1.54) is 6.33 Å². The molecule has 1 aliphatic rings. The maximum atomic E-state index is 12.4. The number of hydrogen-bond acceptors (Lipinski definition) is 6. The summed E-state index contributed by atoms with van der Waals surface area (Å²) in [5.74, 6) is 1.50. The standard InChI is InChI=1S/C19H15ClN4O3/c20-12-2-1-3-13(8-12)24-19(25)15-10-18(22-11-21-15)23-14-4-5-16-17(9-14)27-7-6-26-16/h1-5,8-11H,6-7H2,(H,24,25)(H,21,22,23). The molecule has 7 nitrogen and oxygen atoms in total. The van der Waals surface area contributed by atoms with Gasteiger partial charge in [-0.1, -0.05) is 17.7 Å². The second kappa shape index (κ2) is 7.51. The molecule has 0 saturated carbocycles. The molecule has 0 radical (unpaired) electrons. The lowest BCUT2D eigenvalue weighted by Crippen LogP contribution is -2.15. The van der Waals surface area contributed by atoms with Crippen molar-refractivity contribution in [3.8, 4) is 11.5 Å². The molecular weight excluding hydrogens is 368 g/mol. The van der Waals surface area contributed by atoms with E-state index in [-0.39, 0.29) is 11.6 Å². The quantitative estimate of drug-likeness (QED) is 0.711. The topological polar surface area (TPSA) is 85.4 Å². The molecule has 1 amide bonds. The lowest BCUT2D eigenvalue weighted by Gasteiger charge is -2.19. The summed E-state index contributed by atoms with van der Waals surface area (Å²) >= 11 is 5.93. The molecule has 0 aliphatic carbocycles. The number of nitrogens with zero attached hydrogens (tertiary/aromatic N) is 2. The molecule has 0 fully saturated rings. The normalized spacial score (nSPS) is 12.3. The Morgan fingerprint density at radius 2 is 1.81 bits per heavy atom. The predicted octanol–water partition coefficient (Wildman–Crippen LogP) is 3.90. The van der Waals surface area contributed by atoms with Gasteiger partial charge < -0.3 is 20.1 Å². The van der Waals surface area contributed by atoms with Crippen LogP contribution < -0.4 is 20.1 Å². The minimum atomic E-state index is -0.357. The number of nitrogens with one attached hydrogen (secondary N) is 2. The van der Waals surface area contributed by atoms with Crippen LogP contribution >= 0.6 is 11.6 Å². The highest BCUT2D eigenvalue weighted by Gasteiger charge is 2.13. The van der Waals surface area contributed by atoms with Gasteiger partial charge >= 0.3 is 0 Å². The molecule has 0 atom stereocenters. The van der Waals surface area contributed by atoms with E-state index < -0.39 is 0 Å². The van der Waals surface area contributed by atoms with Crippen molar-refractivity contribution in [1.82, 2.24) is 9.97 Å². The van der Waals surface area contributed by atoms with Gasteiger partial charge in [0.1, 0.15) is 31.1 Å². The number of benzene rings is 2. The highest BCUT2D eigenvalue weighted by Crippen LogP contribution is 2.33. The Balaban J connectivity index is 1.49. The second-order valence-corrected chi connectivity index (χ2v) is 6.17. The van der Waals surface area contributed by atoms with E-state index in [0.29, 0.717) is 41.2 Å². The molecule has 8 heteroatoms. The molecule has 4 rings (SSSR count). The number of fused-ring (bicyclic) bond motifs is 1. The van der Waals surface area contributed by atoms with Crippen molar-refractivity contribution in [2.24, 2.45) is 0 Å². The van der Waals surface area contributed by atoms with Gasteiger partial charge in [-0.15, -0.1) is 0 Å². The highest BCUT2D eigenvalue weighted by atomic mass is 35.5. The van der Waals surface area contributed by atoms with E-state index in [1.54, 1.807) is 30.3 Å². The Hall–Kier alpha value is -3.32. The van der Waals surface area contributed by atoms with Crippen LogP contribution in [0.3, 0.4) is 0 Å². The van der Waals surface area contributed by atoms with E-state index in [1.807, 2.05) is 18.2 Å². The second-order valence-electron chi connectivity index (χ2n) is 5.74. The van der Waals surface area contributed by atoms with E-state index in [4.69, 9.17) is 21.1 Å². The molecule has 0 bridgehead atoms. The lowest BCUT2D eigenvalue weighted by molar-refractivity contribution is 0.102. The molecule has 2 N–H and O–H groups in total. The zero-order valence-electron chi connectivity index (χ0n) is 14.1. The van der Waals surface area contributed by atoms with Crippen molar-refractivity contribution in [1.29, 1.82) is 0 Å². The molecule has 3 aromatic rings. The van der Waals surface area contributed by atoms with Gasteiger partial charge in [0.2, 0.25) is 0 Å². The smallest absolute Gasteiger partial charge is 0.274 e. The molecule has 136 valence electrons. The molecule has 0 spiro atoms. The molecule has 0 saturated heterocycles. The number of ether oxygens (including phenoxy) is 2. The van der Waals surface area contributed by atoms with E-state index in [0.717, 1.165) is 5.69 Å². The first-order chi connectivity index (χ1) is 13.2. The SMILES string of the molecule is O=C(Nc1cccc(Cl)c1)c1cc(Nc2ccc3c(c2)OCCO3)ncn1. The van der Waals surface area contributed by atoms with Crippen LogP contribution in [0, 0.1) is 0 Å². The van der Waals surface area contributed by atoms with Crippen LogP contribution in [0.4, 0.5) is 17.2 Å². The molecule has 1 aliphatic heterocycles. The van der Waals surface area contributed by atoms with Crippen molar-refractivity contribution >= 4 is 34.7 Å². The number of hydrogen-bond donors (Lipinski definition) is 2. The average molecular weight is 383 g/mol. The third kappa shape index (κ3) is 4.09. The van der Waals surface area contributed by atoms with Crippen molar-refractivity contribution in [2.75, 3.05) is 23.8 Å². The summed E-state index contributed by atoms with van der Waals surface area (Å²) in [6.07, 6.45) is 1.33. The molecular formula is C19H15ClN4O3. The first-order valence-corrected chi connectivity index (χ1v) is 8.61. The van der Waals surface area contributed by atoms with Crippen LogP contribution in [0.2, 0.25) is 5.02 Å². The fraction of sp³-hybridized carbons (Fsp3) is 0.105. The van der Waals surface area contributed by atoms with Crippen LogP contribution in [-0.2, 0) is 0 Å². The zero-order valence-corrected chi connectivity index (χ0v) is 14.9. The van der Waals surface area contributed by atoms with Gasteiger partial charge in [-0.2, -0.15) is 0 Å². The van der Waals surface area contributed by atoms with Gasteiger partial charge in [0.25, 0.3) is 5.91 Å². The first-order valence-electron chi connectivity index (χ1n) is 8.23. The fourth-order valence-corrected chi connectivity index (χ4v) is 2.77. The summed E-state index contributed by atoms with van der Waals surface area (Å²) in [6.45, 7) is 1.05. The van der Waals surface area contributed by atoms with E-state index in [9.17, 15) is 4.79 Å². The summed E-state index contributed by atoms with van der Waals surface area (Å²) in [5, 5.41) is 6.43. The van der Waals surface area contributed by atoms with Gasteiger partial charge in [-0.25, -0.2) is 9.97 Å². The Labute approximate surface area is 160 Å². The van der Waals surface area contributed by atoms with Crippen LogP contribution in [0.15, 0.2) is 54.9 Å². The highest BCUT2D eigenvalue weighted by molar-refractivity contribution is 6.30. The third-order valence-electron chi connectivity index (χ3n) is 3.80. The van der Waals surface area contributed by atoms with Crippen LogP contribution in [0.25, 0.3) is 0 Å². The molecule has 1 aromatic heterocycles. The number of carbonyl (C=O) groups excluding carboxylic acids is 1. The molecule has 2 heterocycles. The van der Waals surface area contributed by atoms with E-state index >= 15 is 0 Å². The van der Waals surface area contributed by atoms with Gasteiger partial charge in [0, 0.05) is 28.5 Å². The largest absolute Gasteiger partial charge is 0.486 e. The lowest BCUT2D eigenvalue weighted by atomic mass is 10.2. The van der Waals surface area contributed by atoms with Crippen LogP contribution in [0.5, 0.6) is 11.5 Å². The summed E-state index contributed by atoms with van der Waals surface area (Å²) in [4.78, 5) is 20.6. The van der Waals surface area contributed by atoms with Gasteiger partial charge in [-0.05, 0) is 30.3 Å². The molecule has 0 unspecified atom stereocenters. The number of anilines is 3. The van der Waals surface area contributed by atoms with Crippen molar-refractivity contribution < 1.29 is 14.3 Å². The number of aromatic nitrogens is 2. The minimum Gasteiger partial charge on any atom is -0.486 e. The monoisotopic (exact) mass is 382 g/mol. The van der Waals surface area contributed by atoms with Gasteiger partial charge in [0.05, 0.1) is 0 Å². The van der Waals surface area contributed by atoms with Gasteiger partial charge in [0.15, 0.2) is 11.5 Å². The first kappa shape index (κ1) is 17.1. The summed E-state index contributed by atoms with van der Waals surface area (Å²) < 4.78 is 11.1. The van der Waals surface area contributed by atoms with Crippen molar-refractivity contribution in [3.63, 3.8) is 0 Å². The van der Waals surface area contributed by atoms with Crippen LogP contribution in [-0.4, -0.2) is 29.1 Å². The van der Waals surface area contributed by atoms with Crippen molar-refractivity contribution in [2.45, 2.75) is 0 Å². The van der Waals surface area contributed by atoms with Gasteiger partial charge in [-0.3, -0.25) is 4.79 Å². The molecule has 2 aromatic carbocycles. The summed E-state index contributed by atoms with van der Waals surface area (Å²) in [6, 6.07) is 14.0. The minimum absolute atomic E-state index is 0.227. The number of halogens is 1. The predicted molar refractivity (Wildman–Crippen MR) is 102 cm³/mol. The van der Waals surface area contributed by atoms with Crippen LogP contribution in [0.1, 0.15) is 10.5 Å². The van der Waals surface area contributed by atoms with E-state index in [2.05, 4.69) is 20.6 Å². The Morgan fingerprint density at radius 3 is 2.67 bits per heavy atom. The third-order valence-corrected chi connectivity index (χ3v) is 4.03. The number of amides is 1. The maximum absolute atomic E-state index is 12.4. The fourth-order valence-electron chi connectivity index (χ4n) is 2.58. The Bertz CT molecular complexity index is 996. The Kier molecular flexibility index (Phi) is 4.76. The van der Waals surface area contributed by atoms with Crippen molar-refractivity contribution in [3.05, 3.63) is 65.6 Å². The molecule has 27 heavy (non-hydrogen) atoms. The Morgan fingerprint density at radius 1 is 0.963 bits per heavy atom. The number of rotatable bonds is 4. The maximum Gasteiger partial charge on any atom is 0.274 e. The zero-order chi connectivity index (χ0) is 18.6.